The second-order valence-electron chi connectivity index (χ2n) is 7.55. The third-order valence-electron chi connectivity index (χ3n) is 4.92. The van der Waals surface area contributed by atoms with Crippen LogP contribution in [0.5, 0.6) is 0 Å². The molecule has 0 spiro atoms. The maximum atomic E-state index is 11.1. The van der Waals surface area contributed by atoms with Gasteiger partial charge in [0.05, 0.1) is 18.1 Å². The van der Waals surface area contributed by atoms with Crippen molar-refractivity contribution < 1.29 is 14.0 Å². The van der Waals surface area contributed by atoms with Gasteiger partial charge in [0.25, 0.3) is 0 Å². The number of nitrogens with zero attached hydrogens (tertiary/aromatic N) is 1. The average molecular weight is 311 g/mol. The van der Waals surface area contributed by atoms with E-state index >= 15 is 0 Å². The summed E-state index contributed by atoms with van der Waals surface area (Å²) in [6, 6.07) is 2.40. The summed E-state index contributed by atoms with van der Waals surface area (Å²) in [5.74, 6) is -0.0795. The van der Waals surface area contributed by atoms with Gasteiger partial charge in [-0.3, -0.25) is 4.79 Å². The molecule has 1 aliphatic carbocycles. The molecule has 1 aliphatic rings. The van der Waals surface area contributed by atoms with Gasteiger partial charge in [0.1, 0.15) is 6.61 Å². The lowest BCUT2D eigenvalue weighted by molar-refractivity contribution is -0.144. The van der Waals surface area contributed by atoms with Crippen molar-refractivity contribution in [1.82, 2.24) is 0 Å². The maximum Gasteiger partial charge on any atom is 0.302 e. The minimum Gasteiger partial charge on any atom is -0.463 e. The van der Waals surface area contributed by atoms with Gasteiger partial charge in [-0.15, -0.1) is 0 Å². The minimum absolute atomic E-state index is 0.0235. The van der Waals surface area contributed by atoms with Crippen LogP contribution in [0.1, 0.15) is 47.0 Å². The minimum atomic E-state index is -1.95. The Hall–Kier alpha value is -0.863. The highest BCUT2D eigenvalue weighted by Gasteiger charge is 2.43. The van der Waals surface area contributed by atoms with Crippen molar-refractivity contribution >= 4 is 14.3 Å². The third kappa shape index (κ3) is 4.82. The summed E-state index contributed by atoms with van der Waals surface area (Å²) in [6.45, 7) is 12.7. The smallest absolute Gasteiger partial charge is 0.302 e. The first-order valence-electron chi connectivity index (χ1n) is 7.79. The van der Waals surface area contributed by atoms with Crippen molar-refractivity contribution in [2.45, 2.75) is 71.2 Å². The number of ether oxygens (including phenoxy) is 1. The Labute approximate surface area is 129 Å². The molecule has 0 aliphatic heterocycles. The first kappa shape index (κ1) is 18.2. The third-order valence-corrected chi connectivity index (χ3v) is 9.42. The lowest BCUT2D eigenvalue weighted by Gasteiger charge is -2.41. The van der Waals surface area contributed by atoms with E-state index in [2.05, 4.69) is 39.9 Å². The van der Waals surface area contributed by atoms with Crippen molar-refractivity contribution in [3.05, 3.63) is 0 Å². The topological polar surface area (TPSA) is 59.3 Å². The van der Waals surface area contributed by atoms with E-state index in [1.807, 2.05) is 0 Å². The number of hydrogen-bond donors (Lipinski definition) is 0. The van der Waals surface area contributed by atoms with Crippen LogP contribution in [-0.2, 0) is 14.0 Å². The molecule has 0 amide bonds. The highest BCUT2D eigenvalue weighted by atomic mass is 28.4. The van der Waals surface area contributed by atoms with Crippen LogP contribution in [-0.4, -0.2) is 27.0 Å². The molecule has 21 heavy (non-hydrogen) atoms. The van der Waals surface area contributed by atoms with Crippen LogP contribution in [0.3, 0.4) is 0 Å². The monoisotopic (exact) mass is 311 g/mol. The van der Waals surface area contributed by atoms with Crippen LogP contribution in [0, 0.1) is 23.2 Å². The quantitative estimate of drug-likeness (QED) is 0.571. The number of esters is 1. The van der Waals surface area contributed by atoms with E-state index in [1.165, 1.54) is 6.92 Å². The summed E-state index contributed by atoms with van der Waals surface area (Å²) >= 11 is 0. The zero-order valence-corrected chi connectivity index (χ0v) is 15.2. The van der Waals surface area contributed by atoms with Gasteiger partial charge in [0.2, 0.25) is 0 Å². The Morgan fingerprint density at radius 2 is 2.00 bits per heavy atom. The Morgan fingerprint density at radius 3 is 2.48 bits per heavy atom. The van der Waals surface area contributed by atoms with Crippen molar-refractivity contribution in [3.8, 4) is 6.07 Å². The summed E-state index contributed by atoms with van der Waals surface area (Å²) in [4.78, 5) is 11.1. The molecule has 0 bridgehead atoms. The van der Waals surface area contributed by atoms with Gasteiger partial charge >= 0.3 is 5.97 Å². The number of nitriles is 1. The molecule has 1 rings (SSSR count). The van der Waals surface area contributed by atoms with E-state index in [9.17, 15) is 10.1 Å². The molecule has 0 N–H and O–H groups in total. The van der Waals surface area contributed by atoms with Crippen molar-refractivity contribution in [3.63, 3.8) is 0 Å². The van der Waals surface area contributed by atoms with Gasteiger partial charge in [0.15, 0.2) is 8.32 Å². The summed E-state index contributed by atoms with van der Waals surface area (Å²) < 4.78 is 11.7. The van der Waals surface area contributed by atoms with E-state index in [0.29, 0.717) is 0 Å². The Balaban J connectivity index is 2.87. The summed E-state index contributed by atoms with van der Waals surface area (Å²) in [5, 5.41) is 9.42. The molecule has 4 nitrogen and oxygen atoms in total. The van der Waals surface area contributed by atoms with Gasteiger partial charge in [-0.25, -0.2) is 0 Å². The SMILES string of the molecule is CC(=O)OC[C@H](O[Si](C)(C)C(C)(C)C)[C@@H]1CCC[C@H]1C#N. The zero-order valence-electron chi connectivity index (χ0n) is 14.2. The number of rotatable bonds is 5. The van der Waals surface area contributed by atoms with Crippen LogP contribution < -0.4 is 0 Å². The highest BCUT2D eigenvalue weighted by molar-refractivity contribution is 6.74. The fraction of sp³-hybridized carbons (Fsp3) is 0.875. The zero-order chi connectivity index (χ0) is 16.3. The summed E-state index contributed by atoms with van der Waals surface area (Å²) in [7, 11) is -1.95. The van der Waals surface area contributed by atoms with Crippen LogP contribution in [0.2, 0.25) is 18.1 Å². The molecule has 5 heteroatoms. The lowest BCUT2D eigenvalue weighted by Crippen LogP contribution is -2.47. The van der Waals surface area contributed by atoms with E-state index in [4.69, 9.17) is 9.16 Å². The maximum absolute atomic E-state index is 11.1. The molecule has 0 heterocycles. The van der Waals surface area contributed by atoms with E-state index < -0.39 is 8.32 Å². The first-order chi connectivity index (χ1) is 9.58. The number of hydrogen-bond acceptors (Lipinski definition) is 4. The molecular formula is C16H29NO3Si. The van der Waals surface area contributed by atoms with Gasteiger partial charge in [-0.05, 0) is 31.0 Å². The molecule has 1 fully saturated rings. The van der Waals surface area contributed by atoms with Crippen LogP contribution in [0.4, 0.5) is 0 Å². The summed E-state index contributed by atoms with van der Waals surface area (Å²) in [6.07, 6.45) is 2.82. The molecule has 0 aromatic carbocycles. The normalized spacial score (nSPS) is 24.4. The molecule has 0 saturated heterocycles. The van der Waals surface area contributed by atoms with Crippen molar-refractivity contribution in [2.24, 2.45) is 11.8 Å². The fourth-order valence-corrected chi connectivity index (χ4v) is 3.95. The fourth-order valence-electron chi connectivity index (χ4n) is 2.59. The van der Waals surface area contributed by atoms with E-state index in [-0.39, 0.29) is 35.6 Å². The Bertz CT molecular complexity index is 409. The first-order valence-corrected chi connectivity index (χ1v) is 10.7. The predicted octanol–water partition coefficient (Wildman–Crippen LogP) is 3.88. The molecule has 0 unspecified atom stereocenters. The van der Waals surface area contributed by atoms with Crippen LogP contribution in [0.25, 0.3) is 0 Å². The Morgan fingerprint density at radius 1 is 1.38 bits per heavy atom. The second kappa shape index (κ2) is 6.93. The van der Waals surface area contributed by atoms with Gasteiger partial charge in [-0.2, -0.15) is 5.26 Å². The number of carbonyl (C=O) groups is 1. The molecule has 0 aromatic heterocycles. The Kier molecular flexibility index (Phi) is 6.00. The largest absolute Gasteiger partial charge is 0.463 e. The average Bonchev–Trinajstić information content (AvgIpc) is 2.80. The van der Waals surface area contributed by atoms with Crippen molar-refractivity contribution in [2.75, 3.05) is 6.61 Å². The number of carbonyl (C=O) groups excluding carboxylic acids is 1. The van der Waals surface area contributed by atoms with Crippen molar-refractivity contribution in [1.29, 1.82) is 5.26 Å². The molecule has 1 saturated carbocycles. The molecule has 120 valence electrons. The highest BCUT2D eigenvalue weighted by Crippen LogP contribution is 2.41. The van der Waals surface area contributed by atoms with Gasteiger partial charge in [-0.1, -0.05) is 27.2 Å². The molecular weight excluding hydrogens is 282 g/mol. The van der Waals surface area contributed by atoms with E-state index in [0.717, 1.165) is 19.3 Å². The van der Waals surface area contributed by atoms with Crippen LogP contribution in [0.15, 0.2) is 0 Å². The van der Waals surface area contributed by atoms with Crippen LogP contribution >= 0.6 is 0 Å². The lowest BCUT2D eigenvalue weighted by atomic mass is 9.92. The second-order valence-corrected chi connectivity index (χ2v) is 12.3. The molecule has 3 atom stereocenters. The van der Waals surface area contributed by atoms with E-state index in [1.54, 1.807) is 0 Å². The van der Waals surface area contributed by atoms with Gasteiger partial charge in [0, 0.05) is 12.8 Å². The molecule has 0 aromatic rings. The van der Waals surface area contributed by atoms with Gasteiger partial charge < -0.3 is 9.16 Å². The predicted molar refractivity (Wildman–Crippen MR) is 85.1 cm³/mol. The standard InChI is InChI=1S/C16H29NO3Si/c1-12(18)19-11-15(14-9-7-8-13(14)10-17)20-21(5,6)16(2,3)4/h13-15H,7-9,11H2,1-6H3/t13-,14+,15-/m0/s1. The molecule has 0 radical (unpaired) electrons. The summed E-state index contributed by atoms with van der Waals surface area (Å²) in [5.41, 5.74) is 0.